The number of hydrogen-bond acceptors (Lipinski definition) is 5. The van der Waals surface area contributed by atoms with E-state index in [0.717, 1.165) is 4.47 Å². The predicted octanol–water partition coefficient (Wildman–Crippen LogP) is 4.85. The monoisotopic (exact) mass is 486 g/mol. The van der Waals surface area contributed by atoms with Crippen molar-refractivity contribution in [1.82, 2.24) is 5.43 Å². The maximum atomic E-state index is 12.2. The molecule has 0 saturated heterocycles. The largest absolute Gasteiger partial charge is 0.483 e. The maximum absolute atomic E-state index is 12.2. The third kappa shape index (κ3) is 6.17. The van der Waals surface area contributed by atoms with Crippen molar-refractivity contribution in [2.75, 3.05) is 6.61 Å². The van der Waals surface area contributed by atoms with Gasteiger partial charge in [0.1, 0.15) is 11.5 Å². The van der Waals surface area contributed by atoms with Gasteiger partial charge < -0.3 is 9.47 Å². The Kier molecular flexibility index (Phi) is 7.59. The van der Waals surface area contributed by atoms with E-state index in [-0.39, 0.29) is 12.2 Å². The van der Waals surface area contributed by atoms with Gasteiger partial charge in [-0.05, 0) is 70.0 Å². The van der Waals surface area contributed by atoms with Crippen LogP contribution in [0.25, 0.3) is 0 Å². The van der Waals surface area contributed by atoms with Crippen LogP contribution in [-0.4, -0.2) is 24.7 Å². The number of nitrogens with zero attached hydrogens (tertiary/aromatic N) is 1. The fourth-order valence-corrected chi connectivity index (χ4v) is 2.94. The zero-order chi connectivity index (χ0) is 21.3. The molecule has 1 amide bonds. The molecule has 3 rings (SSSR count). The number of ether oxygens (including phenoxy) is 2. The standard InChI is InChI=1S/C22H16BrClN2O4/c23-18-6-2-4-8-20(18)29-14-21(27)26-25-13-15-9-11-16(12-10-15)30-22(28)17-5-1-3-7-19(17)24/h1-13H,14H2,(H,26,27). The van der Waals surface area contributed by atoms with Crippen LogP contribution < -0.4 is 14.9 Å². The van der Waals surface area contributed by atoms with Crippen LogP contribution in [0.2, 0.25) is 5.02 Å². The Bertz CT molecular complexity index is 1070. The number of carbonyl (C=O) groups excluding carboxylic acids is 2. The third-order valence-electron chi connectivity index (χ3n) is 3.78. The maximum Gasteiger partial charge on any atom is 0.345 e. The summed E-state index contributed by atoms with van der Waals surface area (Å²) in [5.41, 5.74) is 3.38. The molecule has 3 aromatic carbocycles. The van der Waals surface area contributed by atoms with E-state index in [2.05, 4.69) is 26.5 Å². The minimum atomic E-state index is -0.542. The molecule has 3 aromatic rings. The average Bonchev–Trinajstić information content (AvgIpc) is 2.74. The van der Waals surface area contributed by atoms with E-state index in [1.165, 1.54) is 6.21 Å². The molecule has 6 nitrogen and oxygen atoms in total. The molecule has 0 aliphatic heterocycles. The van der Waals surface area contributed by atoms with Crippen LogP contribution in [0.3, 0.4) is 0 Å². The van der Waals surface area contributed by atoms with E-state index in [1.807, 2.05) is 18.2 Å². The summed E-state index contributed by atoms with van der Waals surface area (Å²) in [7, 11) is 0. The number of amides is 1. The molecule has 0 aromatic heterocycles. The zero-order valence-corrected chi connectivity index (χ0v) is 17.9. The minimum Gasteiger partial charge on any atom is -0.483 e. The molecular formula is C22H16BrClN2O4. The normalized spacial score (nSPS) is 10.6. The number of rotatable bonds is 7. The van der Waals surface area contributed by atoms with Crippen molar-refractivity contribution in [3.05, 3.63) is 93.4 Å². The first-order valence-corrected chi connectivity index (χ1v) is 9.96. The molecular weight excluding hydrogens is 472 g/mol. The van der Waals surface area contributed by atoms with E-state index in [0.29, 0.717) is 22.1 Å². The Morgan fingerprint density at radius 3 is 2.43 bits per heavy atom. The van der Waals surface area contributed by atoms with Crippen LogP contribution in [0.15, 0.2) is 82.4 Å². The highest BCUT2D eigenvalue weighted by Crippen LogP contribution is 2.23. The Hall–Kier alpha value is -3.16. The van der Waals surface area contributed by atoms with Crippen molar-refractivity contribution < 1.29 is 19.1 Å². The first kappa shape index (κ1) is 21.5. The van der Waals surface area contributed by atoms with Crippen molar-refractivity contribution in [2.45, 2.75) is 0 Å². The second-order valence-corrected chi connectivity index (χ2v) is 7.21. The highest BCUT2D eigenvalue weighted by molar-refractivity contribution is 9.10. The van der Waals surface area contributed by atoms with E-state index in [4.69, 9.17) is 21.1 Å². The SMILES string of the molecule is O=C(COc1ccccc1Br)NN=Cc1ccc(OC(=O)c2ccccc2Cl)cc1. The summed E-state index contributed by atoms with van der Waals surface area (Å²) in [6.45, 7) is -0.170. The van der Waals surface area contributed by atoms with Crippen LogP contribution in [0.4, 0.5) is 0 Å². The Labute approximate surface area is 186 Å². The first-order valence-electron chi connectivity index (χ1n) is 8.79. The number of benzene rings is 3. The Morgan fingerprint density at radius 1 is 1.00 bits per heavy atom. The number of hydrazone groups is 1. The average molecular weight is 488 g/mol. The molecule has 0 radical (unpaired) electrons. The summed E-state index contributed by atoms with van der Waals surface area (Å²) >= 11 is 9.34. The number of hydrogen-bond donors (Lipinski definition) is 1. The molecule has 0 aliphatic rings. The van der Waals surface area contributed by atoms with Gasteiger partial charge in [0.15, 0.2) is 6.61 Å². The quantitative estimate of drug-likeness (QED) is 0.224. The van der Waals surface area contributed by atoms with E-state index in [1.54, 1.807) is 54.6 Å². The van der Waals surface area contributed by atoms with Crippen molar-refractivity contribution in [3.63, 3.8) is 0 Å². The van der Waals surface area contributed by atoms with Gasteiger partial charge in [-0.25, -0.2) is 10.2 Å². The van der Waals surface area contributed by atoms with Crippen LogP contribution in [0.5, 0.6) is 11.5 Å². The lowest BCUT2D eigenvalue weighted by Crippen LogP contribution is -2.24. The highest BCUT2D eigenvalue weighted by atomic mass is 79.9. The molecule has 0 bridgehead atoms. The summed E-state index contributed by atoms with van der Waals surface area (Å²) in [6.07, 6.45) is 1.47. The van der Waals surface area contributed by atoms with Crippen LogP contribution in [0, 0.1) is 0 Å². The molecule has 0 fully saturated rings. The van der Waals surface area contributed by atoms with Gasteiger partial charge in [0.25, 0.3) is 5.91 Å². The predicted molar refractivity (Wildman–Crippen MR) is 118 cm³/mol. The summed E-state index contributed by atoms with van der Waals surface area (Å²) < 4.78 is 11.5. The van der Waals surface area contributed by atoms with E-state index in [9.17, 15) is 9.59 Å². The molecule has 1 N–H and O–H groups in total. The zero-order valence-electron chi connectivity index (χ0n) is 15.5. The Morgan fingerprint density at radius 2 is 1.70 bits per heavy atom. The topological polar surface area (TPSA) is 77.0 Å². The van der Waals surface area contributed by atoms with E-state index < -0.39 is 11.9 Å². The minimum absolute atomic E-state index is 0.170. The number of halogens is 2. The van der Waals surface area contributed by atoms with Gasteiger partial charge in [-0.15, -0.1) is 0 Å². The molecule has 0 unspecified atom stereocenters. The molecule has 0 spiro atoms. The third-order valence-corrected chi connectivity index (χ3v) is 4.77. The number of para-hydroxylation sites is 1. The lowest BCUT2D eigenvalue weighted by atomic mass is 10.2. The summed E-state index contributed by atoms with van der Waals surface area (Å²) in [5, 5.41) is 4.21. The molecule has 0 aliphatic carbocycles. The van der Waals surface area contributed by atoms with Crippen LogP contribution in [0.1, 0.15) is 15.9 Å². The van der Waals surface area contributed by atoms with Crippen molar-refractivity contribution in [1.29, 1.82) is 0 Å². The Balaban J connectivity index is 1.48. The van der Waals surface area contributed by atoms with Gasteiger partial charge in [0.05, 0.1) is 21.3 Å². The highest BCUT2D eigenvalue weighted by Gasteiger charge is 2.12. The van der Waals surface area contributed by atoms with Crippen molar-refractivity contribution >= 4 is 45.6 Å². The second-order valence-electron chi connectivity index (χ2n) is 5.95. The van der Waals surface area contributed by atoms with Crippen molar-refractivity contribution in [3.8, 4) is 11.5 Å². The molecule has 152 valence electrons. The second kappa shape index (κ2) is 10.6. The molecule has 0 saturated carbocycles. The fourth-order valence-electron chi connectivity index (χ4n) is 2.33. The van der Waals surface area contributed by atoms with E-state index >= 15 is 0 Å². The van der Waals surface area contributed by atoms with Crippen molar-refractivity contribution in [2.24, 2.45) is 5.10 Å². The lowest BCUT2D eigenvalue weighted by molar-refractivity contribution is -0.123. The van der Waals surface area contributed by atoms with Gasteiger partial charge in [-0.3, -0.25) is 4.79 Å². The van der Waals surface area contributed by atoms with Gasteiger partial charge in [0.2, 0.25) is 0 Å². The number of nitrogens with one attached hydrogen (secondary N) is 1. The van der Waals surface area contributed by atoms with Crippen LogP contribution in [-0.2, 0) is 4.79 Å². The summed E-state index contributed by atoms with van der Waals surface area (Å²) in [6, 6.07) is 20.5. The molecule has 0 atom stereocenters. The van der Waals surface area contributed by atoms with Gasteiger partial charge in [-0.2, -0.15) is 5.10 Å². The first-order chi connectivity index (χ1) is 14.5. The molecule has 0 heterocycles. The number of esters is 1. The lowest BCUT2D eigenvalue weighted by Gasteiger charge is -2.06. The fraction of sp³-hybridized carbons (Fsp3) is 0.0455. The van der Waals surface area contributed by atoms with Gasteiger partial charge >= 0.3 is 5.97 Å². The summed E-state index contributed by atoms with van der Waals surface area (Å²) in [5.74, 6) is -0.00637. The van der Waals surface area contributed by atoms with Gasteiger partial charge in [-0.1, -0.05) is 35.9 Å². The smallest absolute Gasteiger partial charge is 0.345 e. The van der Waals surface area contributed by atoms with Crippen LogP contribution >= 0.6 is 27.5 Å². The summed E-state index contributed by atoms with van der Waals surface area (Å²) in [4.78, 5) is 24.0. The molecule has 8 heteroatoms. The number of carbonyl (C=O) groups is 2. The van der Waals surface area contributed by atoms with Gasteiger partial charge in [0, 0.05) is 0 Å². The molecule has 30 heavy (non-hydrogen) atoms.